The minimum Gasteiger partial charge on any atom is -0.479 e. The summed E-state index contributed by atoms with van der Waals surface area (Å²) in [6.45, 7) is 0. The number of nitro benzene ring substituents is 1. The van der Waals surface area contributed by atoms with Crippen LogP contribution >= 0.6 is 15.9 Å². The maximum absolute atomic E-state index is 13.5. The van der Waals surface area contributed by atoms with Crippen molar-refractivity contribution in [2.24, 2.45) is 0 Å². The molecule has 1 aromatic carbocycles. The molecule has 2 N–H and O–H groups in total. The molecule has 0 aliphatic carbocycles. The first kappa shape index (κ1) is 12.5. The van der Waals surface area contributed by atoms with Gasteiger partial charge in [-0.15, -0.1) is 0 Å². The normalized spacial score (nSPS) is 12.2. The molecule has 0 fully saturated rings. The summed E-state index contributed by atoms with van der Waals surface area (Å²) >= 11 is 2.75. The summed E-state index contributed by atoms with van der Waals surface area (Å²) < 4.78 is 13.3. The summed E-state index contributed by atoms with van der Waals surface area (Å²) in [6, 6.07) is 1.97. The van der Waals surface area contributed by atoms with Crippen molar-refractivity contribution in [3.63, 3.8) is 0 Å². The van der Waals surface area contributed by atoms with Gasteiger partial charge in [-0.25, -0.2) is 9.18 Å². The van der Waals surface area contributed by atoms with Crippen molar-refractivity contribution in [1.29, 1.82) is 0 Å². The molecule has 0 aliphatic rings. The minimum atomic E-state index is -2.28. The molecule has 86 valence electrons. The second-order valence-corrected chi connectivity index (χ2v) is 3.65. The van der Waals surface area contributed by atoms with E-state index in [-0.39, 0.29) is 4.47 Å². The molecule has 0 saturated heterocycles. The number of nitrogens with zero attached hydrogens (tertiary/aromatic N) is 1. The Balaban J connectivity index is 3.49. The predicted molar refractivity (Wildman–Crippen MR) is 53.4 cm³/mol. The number of hydrogen-bond acceptors (Lipinski definition) is 4. The number of nitro groups is 1. The largest absolute Gasteiger partial charge is 0.479 e. The maximum atomic E-state index is 13.5. The molecule has 6 nitrogen and oxygen atoms in total. The molecule has 1 unspecified atom stereocenters. The number of carbonyl (C=O) groups is 1. The van der Waals surface area contributed by atoms with Crippen LogP contribution < -0.4 is 0 Å². The van der Waals surface area contributed by atoms with Crippen LogP contribution in [0.5, 0.6) is 0 Å². The number of rotatable bonds is 3. The highest BCUT2D eigenvalue weighted by Crippen LogP contribution is 2.32. The van der Waals surface area contributed by atoms with Gasteiger partial charge in [0.25, 0.3) is 5.69 Å². The fourth-order valence-corrected chi connectivity index (χ4v) is 1.44. The third-order valence-electron chi connectivity index (χ3n) is 1.81. The summed E-state index contributed by atoms with van der Waals surface area (Å²) in [5.74, 6) is -2.93. The third kappa shape index (κ3) is 2.17. The Bertz CT molecular complexity index is 464. The van der Waals surface area contributed by atoms with Crippen LogP contribution in [0.2, 0.25) is 0 Å². The average molecular weight is 294 g/mol. The number of aliphatic hydroxyl groups is 1. The lowest BCUT2D eigenvalue weighted by Gasteiger charge is -2.08. The third-order valence-corrected chi connectivity index (χ3v) is 2.43. The van der Waals surface area contributed by atoms with E-state index in [0.29, 0.717) is 0 Å². The highest BCUT2D eigenvalue weighted by Gasteiger charge is 2.30. The van der Waals surface area contributed by atoms with Gasteiger partial charge >= 0.3 is 5.97 Å². The van der Waals surface area contributed by atoms with Crippen LogP contribution in [-0.2, 0) is 4.79 Å². The number of aliphatic hydroxyl groups excluding tert-OH is 1. The van der Waals surface area contributed by atoms with Crippen LogP contribution in [0.3, 0.4) is 0 Å². The van der Waals surface area contributed by atoms with Crippen molar-refractivity contribution in [2.45, 2.75) is 6.10 Å². The molecule has 0 bridgehead atoms. The lowest BCUT2D eigenvalue weighted by Crippen LogP contribution is -2.14. The maximum Gasteiger partial charge on any atom is 0.337 e. The van der Waals surface area contributed by atoms with Gasteiger partial charge in [0, 0.05) is 6.07 Å². The van der Waals surface area contributed by atoms with Crippen LogP contribution in [0.1, 0.15) is 11.7 Å². The van der Waals surface area contributed by atoms with Crippen molar-refractivity contribution < 1.29 is 24.3 Å². The molecule has 0 aliphatic heterocycles. The van der Waals surface area contributed by atoms with E-state index < -0.39 is 34.1 Å². The highest BCUT2D eigenvalue weighted by molar-refractivity contribution is 9.10. The molecule has 1 rings (SSSR count). The monoisotopic (exact) mass is 293 g/mol. The summed E-state index contributed by atoms with van der Waals surface area (Å²) in [7, 11) is 0. The molecular formula is C8H5BrFNO5. The molecule has 1 atom stereocenters. The molecule has 0 saturated carbocycles. The van der Waals surface area contributed by atoms with Gasteiger partial charge in [0.15, 0.2) is 11.9 Å². The van der Waals surface area contributed by atoms with Gasteiger partial charge < -0.3 is 10.2 Å². The second-order valence-electron chi connectivity index (χ2n) is 2.79. The Kier molecular flexibility index (Phi) is 3.55. The van der Waals surface area contributed by atoms with Crippen LogP contribution in [0, 0.1) is 15.9 Å². The van der Waals surface area contributed by atoms with E-state index >= 15 is 0 Å². The van der Waals surface area contributed by atoms with Crippen molar-refractivity contribution in [3.05, 3.63) is 38.1 Å². The van der Waals surface area contributed by atoms with Crippen molar-refractivity contribution in [3.8, 4) is 0 Å². The molecule has 8 heteroatoms. The Morgan fingerprint density at radius 1 is 1.56 bits per heavy atom. The number of carboxylic acids is 1. The summed E-state index contributed by atoms with van der Waals surface area (Å²) in [5.41, 5.74) is -1.65. The van der Waals surface area contributed by atoms with Gasteiger partial charge in [0.2, 0.25) is 0 Å². The zero-order chi connectivity index (χ0) is 12.5. The number of benzene rings is 1. The number of hydrogen-bond donors (Lipinski definition) is 2. The first-order valence-corrected chi connectivity index (χ1v) is 4.68. The lowest BCUT2D eigenvalue weighted by molar-refractivity contribution is -0.386. The minimum absolute atomic E-state index is 0.159. The highest BCUT2D eigenvalue weighted by atomic mass is 79.9. The van der Waals surface area contributed by atoms with E-state index in [0.717, 1.165) is 12.1 Å². The molecule has 1 aromatic rings. The number of carboxylic acid groups (broad SMARTS) is 1. The van der Waals surface area contributed by atoms with E-state index in [4.69, 9.17) is 10.2 Å². The molecule has 0 heterocycles. The SMILES string of the molecule is O=C(O)C(O)c1c([N+](=O)[O-])ccc(Br)c1F. The van der Waals surface area contributed by atoms with Crippen molar-refractivity contribution in [2.75, 3.05) is 0 Å². The molecule has 16 heavy (non-hydrogen) atoms. The quantitative estimate of drug-likeness (QED) is 0.651. The summed E-state index contributed by atoms with van der Waals surface area (Å²) in [5, 5.41) is 28.2. The molecule has 0 radical (unpaired) electrons. The van der Waals surface area contributed by atoms with E-state index in [1.54, 1.807) is 0 Å². The first-order chi connectivity index (χ1) is 7.36. The predicted octanol–water partition coefficient (Wildman–Crippen LogP) is 1.61. The first-order valence-electron chi connectivity index (χ1n) is 3.89. The Hall–Kier alpha value is -1.54. The van der Waals surface area contributed by atoms with Gasteiger partial charge in [-0.1, -0.05) is 0 Å². The zero-order valence-corrected chi connectivity index (χ0v) is 9.14. The van der Waals surface area contributed by atoms with Gasteiger partial charge in [0.05, 0.1) is 9.40 Å². The lowest BCUT2D eigenvalue weighted by atomic mass is 10.1. The molecule has 0 spiro atoms. The van der Waals surface area contributed by atoms with E-state index in [1.165, 1.54) is 0 Å². The fourth-order valence-electron chi connectivity index (χ4n) is 1.10. The summed E-state index contributed by atoms with van der Waals surface area (Å²) in [4.78, 5) is 20.1. The van der Waals surface area contributed by atoms with Gasteiger partial charge in [0.1, 0.15) is 5.56 Å². The molecule has 0 amide bonds. The standard InChI is InChI=1S/C8H5BrFNO5/c9-3-1-2-4(11(15)16)5(6(3)10)7(12)8(13)14/h1-2,7,12H,(H,13,14). The van der Waals surface area contributed by atoms with Gasteiger partial charge in [-0.05, 0) is 22.0 Å². The van der Waals surface area contributed by atoms with E-state index in [9.17, 15) is 19.3 Å². The Labute approximate surface area is 96.6 Å². The summed E-state index contributed by atoms with van der Waals surface area (Å²) in [6.07, 6.45) is -2.28. The second kappa shape index (κ2) is 4.54. The Morgan fingerprint density at radius 2 is 2.12 bits per heavy atom. The number of aliphatic carboxylic acids is 1. The van der Waals surface area contributed by atoms with Crippen LogP contribution in [0.15, 0.2) is 16.6 Å². The smallest absolute Gasteiger partial charge is 0.337 e. The Morgan fingerprint density at radius 3 is 2.56 bits per heavy atom. The van der Waals surface area contributed by atoms with Gasteiger partial charge in [-0.2, -0.15) is 0 Å². The average Bonchev–Trinajstić information content (AvgIpc) is 2.20. The van der Waals surface area contributed by atoms with E-state index in [2.05, 4.69) is 15.9 Å². The zero-order valence-electron chi connectivity index (χ0n) is 7.55. The van der Waals surface area contributed by atoms with Crippen molar-refractivity contribution in [1.82, 2.24) is 0 Å². The van der Waals surface area contributed by atoms with Crippen LogP contribution in [0.4, 0.5) is 10.1 Å². The van der Waals surface area contributed by atoms with Crippen molar-refractivity contribution >= 4 is 27.6 Å². The topological polar surface area (TPSA) is 101 Å². The fraction of sp³-hybridized carbons (Fsp3) is 0.125. The van der Waals surface area contributed by atoms with Gasteiger partial charge in [-0.3, -0.25) is 10.1 Å². The number of halogens is 2. The van der Waals surface area contributed by atoms with Crippen LogP contribution in [0.25, 0.3) is 0 Å². The van der Waals surface area contributed by atoms with Crippen LogP contribution in [-0.4, -0.2) is 21.1 Å². The molecular weight excluding hydrogens is 289 g/mol. The molecule has 0 aromatic heterocycles. The van der Waals surface area contributed by atoms with E-state index in [1.807, 2.05) is 0 Å².